The van der Waals surface area contributed by atoms with Crippen molar-refractivity contribution < 1.29 is 9.53 Å². The molecule has 1 saturated carbocycles. The SMILES string of the molecule is CCOC(=O)N1CCC2(CC(N3CCC([C@@H]4CCCN4CN4CCCC4)CC3)C2)C1. The summed E-state index contributed by atoms with van der Waals surface area (Å²) in [5, 5.41) is 0. The molecule has 1 amide bonds. The Balaban J connectivity index is 1.06. The van der Waals surface area contributed by atoms with Crippen LogP contribution in [0.2, 0.25) is 0 Å². The Hall–Kier alpha value is -0.850. The molecule has 0 unspecified atom stereocenters. The van der Waals surface area contributed by atoms with Crippen LogP contribution in [0.3, 0.4) is 0 Å². The lowest BCUT2D eigenvalue weighted by Gasteiger charge is -2.52. The summed E-state index contributed by atoms with van der Waals surface area (Å²) in [6, 6.07) is 1.60. The number of piperidine rings is 1. The van der Waals surface area contributed by atoms with Crippen molar-refractivity contribution >= 4 is 6.09 Å². The van der Waals surface area contributed by atoms with Gasteiger partial charge in [0.15, 0.2) is 0 Å². The van der Waals surface area contributed by atoms with E-state index in [1.54, 1.807) is 0 Å². The molecule has 4 saturated heterocycles. The molecule has 6 nitrogen and oxygen atoms in total. The monoisotopic (exact) mass is 418 g/mol. The molecule has 1 atom stereocenters. The van der Waals surface area contributed by atoms with Crippen LogP contribution in [0.1, 0.15) is 64.7 Å². The molecule has 0 aromatic rings. The van der Waals surface area contributed by atoms with Gasteiger partial charge in [-0.05, 0) is 109 Å². The van der Waals surface area contributed by atoms with Crippen molar-refractivity contribution in [3.05, 3.63) is 0 Å². The topological polar surface area (TPSA) is 39.3 Å². The maximum absolute atomic E-state index is 12.0. The third-order valence-corrected chi connectivity index (χ3v) is 8.93. The van der Waals surface area contributed by atoms with Gasteiger partial charge in [0.25, 0.3) is 0 Å². The van der Waals surface area contributed by atoms with Crippen molar-refractivity contribution in [2.45, 2.75) is 76.8 Å². The number of rotatable bonds is 5. The largest absolute Gasteiger partial charge is 0.450 e. The van der Waals surface area contributed by atoms with Gasteiger partial charge in [-0.3, -0.25) is 9.80 Å². The van der Waals surface area contributed by atoms with E-state index in [4.69, 9.17) is 4.74 Å². The van der Waals surface area contributed by atoms with Gasteiger partial charge in [0.2, 0.25) is 0 Å². The Labute approximate surface area is 182 Å². The first-order valence-corrected chi connectivity index (χ1v) is 12.8. The number of amides is 1. The van der Waals surface area contributed by atoms with Crippen LogP contribution in [0.25, 0.3) is 0 Å². The highest BCUT2D eigenvalue weighted by Gasteiger charge is 2.51. The predicted octanol–water partition coefficient (Wildman–Crippen LogP) is 3.23. The number of likely N-dealkylation sites (tertiary alicyclic amines) is 4. The van der Waals surface area contributed by atoms with Crippen molar-refractivity contribution in [3.8, 4) is 0 Å². The highest BCUT2D eigenvalue weighted by atomic mass is 16.6. The van der Waals surface area contributed by atoms with Crippen LogP contribution in [0.15, 0.2) is 0 Å². The first kappa shape index (κ1) is 21.0. The first-order valence-electron chi connectivity index (χ1n) is 12.8. The molecular weight excluding hydrogens is 376 g/mol. The standard InChI is InChI=1S/C24H42N4O2/c1-2-30-23(29)27-15-9-24(18-27)16-21(17-24)26-13-7-20(8-14-26)22-6-5-12-28(22)19-25-10-3-4-11-25/h20-22H,2-19H2,1H3/t21?,22-,24?/m0/s1. The summed E-state index contributed by atoms with van der Waals surface area (Å²) in [5.41, 5.74) is 0.395. The molecule has 0 radical (unpaired) electrons. The lowest BCUT2D eigenvalue weighted by molar-refractivity contribution is -0.0180. The fraction of sp³-hybridized carbons (Fsp3) is 0.958. The minimum absolute atomic E-state index is 0.103. The van der Waals surface area contributed by atoms with E-state index in [1.165, 1.54) is 97.2 Å². The Kier molecular flexibility index (Phi) is 6.27. The minimum atomic E-state index is -0.103. The zero-order valence-corrected chi connectivity index (χ0v) is 19.1. The lowest BCUT2D eigenvalue weighted by Crippen LogP contribution is -2.55. The molecule has 5 aliphatic rings. The molecule has 1 aliphatic carbocycles. The molecule has 0 bridgehead atoms. The van der Waals surface area contributed by atoms with Gasteiger partial charge in [0.05, 0.1) is 13.3 Å². The van der Waals surface area contributed by atoms with Crippen LogP contribution in [0.5, 0.6) is 0 Å². The molecular formula is C24H42N4O2. The summed E-state index contributed by atoms with van der Waals surface area (Å²) in [4.78, 5) is 22.3. The quantitative estimate of drug-likeness (QED) is 0.685. The second-order valence-corrected chi connectivity index (χ2v) is 10.8. The van der Waals surface area contributed by atoms with Gasteiger partial charge in [0.1, 0.15) is 0 Å². The van der Waals surface area contributed by atoms with Gasteiger partial charge in [-0.25, -0.2) is 4.79 Å². The van der Waals surface area contributed by atoms with Crippen molar-refractivity contribution in [3.63, 3.8) is 0 Å². The fourth-order valence-corrected chi connectivity index (χ4v) is 7.25. The molecule has 4 aliphatic heterocycles. The van der Waals surface area contributed by atoms with E-state index in [9.17, 15) is 4.79 Å². The lowest BCUT2D eigenvalue weighted by atomic mass is 9.64. The van der Waals surface area contributed by atoms with Crippen LogP contribution in [-0.2, 0) is 4.74 Å². The van der Waals surface area contributed by atoms with E-state index < -0.39 is 0 Å². The molecule has 5 rings (SSSR count). The van der Waals surface area contributed by atoms with E-state index in [1.807, 2.05) is 11.8 Å². The Morgan fingerprint density at radius 3 is 2.47 bits per heavy atom. The van der Waals surface area contributed by atoms with Crippen molar-refractivity contribution in [2.24, 2.45) is 11.3 Å². The second kappa shape index (κ2) is 8.95. The molecule has 170 valence electrons. The Morgan fingerprint density at radius 2 is 1.73 bits per heavy atom. The third-order valence-electron chi connectivity index (χ3n) is 8.93. The zero-order chi connectivity index (χ0) is 20.6. The first-order chi connectivity index (χ1) is 14.7. The molecule has 4 heterocycles. The molecule has 5 fully saturated rings. The average Bonchev–Trinajstić information content (AvgIpc) is 3.48. The second-order valence-electron chi connectivity index (χ2n) is 10.8. The number of hydrogen-bond donors (Lipinski definition) is 0. The highest BCUT2D eigenvalue weighted by Crippen LogP contribution is 2.51. The zero-order valence-electron chi connectivity index (χ0n) is 19.1. The van der Waals surface area contributed by atoms with Gasteiger partial charge in [-0.15, -0.1) is 0 Å². The molecule has 0 aromatic heterocycles. The molecule has 0 N–H and O–H groups in total. The number of nitrogens with zero attached hydrogens (tertiary/aromatic N) is 4. The Morgan fingerprint density at radius 1 is 0.967 bits per heavy atom. The van der Waals surface area contributed by atoms with Gasteiger partial charge >= 0.3 is 6.09 Å². The minimum Gasteiger partial charge on any atom is -0.450 e. The van der Waals surface area contributed by atoms with Crippen molar-refractivity contribution in [2.75, 3.05) is 59.1 Å². The summed E-state index contributed by atoms with van der Waals surface area (Å²) < 4.78 is 5.21. The van der Waals surface area contributed by atoms with E-state index in [-0.39, 0.29) is 6.09 Å². The molecule has 0 aromatic carbocycles. The van der Waals surface area contributed by atoms with E-state index in [0.717, 1.165) is 31.1 Å². The van der Waals surface area contributed by atoms with Gasteiger partial charge in [-0.2, -0.15) is 0 Å². The maximum Gasteiger partial charge on any atom is 0.409 e. The van der Waals surface area contributed by atoms with Crippen LogP contribution in [0, 0.1) is 11.3 Å². The number of hydrogen-bond acceptors (Lipinski definition) is 5. The van der Waals surface area contributed by atoms with Crippen molar-refractivity contribution in [1.82, 2.24) is 19.6 Å². The van der Waals surface area contributed by atoms with Crippen LogP contribution in [-0.4, -0.2) is 96.9 Å². The van der Waals surface area contributed by atoms with Gasteiger partial charge < -0.3 is 14.5 Å². The summed E-state index contributed by atoms with van der Waals surface area (Å²) >= 11 is 0. The van der Waals surface area contributed by atoms with Gasteiger partial charge in [0, 0.05) is 25.2 Å². The number of carbonyl (C=O) groups is 1. The van der Waals surface area contributed by atoms with Crippen LogP contribution < -0.4 is 0 Å². The summed E-state index contributed by atoms with van der Waals surface area (Å²) in [5.74, 6) is 0.908. The summed E-state index contributed by atoms with van der Waals surface area (Å²) in [6.45, 7) is 12.0. The van der Waals surface area contributed by atoms with Gasteiger partial charge in [-0.1, -0.05) is 0 Å². The average molecular weight is 419 g/mol. The number of ether oxygens (including phenoxy) is 1. The summed E-state index contributed by atoms with van der Waals surface area (Å²) in [7, 11) is 0. The van der Waals surface area contributed by atoms with Crippen molar-refractivity contribution in [1.29, 1.82) is 0 Å². The van der Waals surface area contributed by atoms with E-state index in [2.05, 4.69) is 14.7 Å². The van der Waals surface area contributed by atoms with Crippen LogP contribution >= 0.6 is 0 Å². The fourth-order valence-electron chi connectivity index (χ4n) is 7.25. The van der Waals surface area contributed by atoms with Crippen LogP contribution in [0.4, 0.5) is 4.79 Å². The molecule has 1 spiro atoms. The molecule has 30 heavy (non-hydrogen) atoms. The Bertz CT molecular complexity index is 594. The third kappa shape index (κ3) is 4.24. The highest BCUT2D eigenvalue weighted by molar-refractivity contribution is 5.68. The predicted molar refractivity (Wildman–Crippen MR) is 118 cm³/mol. The smallest absolute Gasteiger partial charge is 0.409 e. The normalized spacial score (nSPS) is 36.6. The number of carbonyl (C=O) groups excluding carboxylic acids is 1. The molecule has 6 heteroatoms. The van der Waals surface area contributed by atoms with E-state index in [0.29, 0.717) is 12.0 Å². The van der Waals surface area contributed by atoms with E-state index >= 15 is 0 Å². The maximum atomic E-state index is 12.0. The summed E-state index contributed by atoms with van der Waals surface area (Å²) in [6.07, 6.45) is 12.1.